The SMILES string of the molecule is CCCCNC(=NCC1(N2CCOCC2)CCSC1)NCC. The zero-order chi connectivity index (χ0) is 15.7. The van der Waals surface area contributed by atoms with E-state index in [2.05, 4.69) is 41.1 Å². The topological polar surface area (TPSA) is 48.9 Å². The summed E-state index contributed by atoms with van der Waals surface area (Å²) in [7, 11) is 0. The number of ether oxygens (including phenoxy) is 1. The molecule has 0 aromatic carbocycles. The van der Waals surface area contributed by atoms with Gasteiger partial charge in [-0.15, -0.1) is 0 Å². The van der Waals surface area contributed by atoms with E-state index >= 15 is 0 Å². The third kappa shape index (κ3) is 5.03. The number of guanidine groups is 1. The van der Waals surface area contributed by atoms with Crippen LogP contribution in [0.4, 0.5) is 0 Å². The van der Waals surface area contributed by atoms with E-state index in [0.29, 0.717) is 0 Å². The van der Waals surface area contributed by atoms with Crippen molar-refractivity contribution in [2.45, 2.75) is 38.6 Å². The van der Waals surface area contributed by atoms with Crippen LogP contribution in [0.15, 0.2) is 4.99 Å². The van der Waals surface area contributed by atoms with Crippen LogP contribution in [0, 0.1) is 0 Å². The Balaban J connectivity index is 1.96. The molecule has 22 heavy (non-hydrogen) atoms. The number of nitrogens with zero attached hydrogens (tertiary/aromatic N) is 2. The van der Waals surface area contributed by atoms with Gasteiger partial charge in [0.1, 0.15) is 0 Å². The smallest absolute Gasteiger partial charge is 0.191 e. The Morgan fingerprint density at radius 2 is 2.09 bits per heavy atom. The van der Waals surface area contributed by atoms with E-state index in [1.807, 2.05) is 0 Å². The van der Waals surface area contributed by atoms with Crippen LogP contribution in [0.1, 0.15) is 33.1 Å². The Hall–Kier alpha value is -0.460. The van der Waals surface area contributed by atoms with Crippen LogP contribution < -0.4 is 10.6 Å². The number of hydrogen-bond acceptors (Lipinski definition) is 4. The van der Waals surface area contributed by atoms with E-state index in [4.69, 9.17) is 9.73 Å². The molecule has 2 heterocycles. The molecule has 1 atom stereocenters. The molecule has 1 unspecified atom stereocenters. The van der Waals surface area contributed by atoms with Crippen molar-refractivity contribution in [1.29, 1.82) is 0 Å². The van der Waals surface area contributed by atoms with Crippen LogP contribution in [0.25, 0.3) is 0 Å². The number of aliphatic imine (C=N–C) groups is 1. The second-order valence-electron chi connectivity index (χ2n) is 6.10. The molecule has 0 aromatic rings. The van der Waals surface area contributed by atoms with Crippen LogP contribution >= 0.6 is 11.8 Å². The molecule has 0 bridgehead atoms. The van der Waals surface area contributed by atoms with Crippen LogP contribution in [0.5, 0.6) is 0 Å². The first-order valence-corrected chi connectivity index (χ1v) is 9.89. The third-order valence-corrected chi connectivity index (χ3v) is 5.70. The fraction of sp³-hybridized carbons (Fsp3) is 0.938. The van der Waals surface area contributed by atoms with Gasteiger partial charge in [0.15, 0.2) is 5.96 Å². The van der Waals surface area contributed by atoms with Crippen LogP contribution in [0.3, 0.4) is 0 Å². The largest absolute Gasteiger partial charge is 0.379 e. The predicted molar refractivity (Wildman–Crippen MR) is 96.0 cm³/mol. The maximum atomic E-state index is 5.52. The summed E-state index contributed by atoms with van der Waals surface area (Å²) in [5.74, 6) is 3.43. The Bertz CT molecular complexity index is 339. The molecule has 2 aliphatic heterocycles. The van der Waals surface area contributed by atoms with E-state index in [0.717, 1.165) is 51.9 Å². The van der Waals surface area contributed by atoms with Gasteiger partial charge in [-0.3, -0.25) is 9.89 Å². The summed E-state index contributed by atoms with van der Waals surface area (Å²) in [6.07, 6.45) is 3.64. The van der Waals surface area contributed by atoms with Crippen molar-refractivity contribution >= 4 is 17.7 Å². The maximum absolute atomic E-state index is 5.52. The van der Waals surface area contributed by atoms with Gasteiger partial charge in [-0.1, -0.05) is 13.3 Å². The highest BCUT2D eigenvalue weighted by Gasteiger charge is 2.40. The molecule has 2 saturated heterocycles. The van der Waals surface area contributed by atoms with Crippen molar-refractivity contribution in [2.75, 3.05) is 57.4 Å². The molecule has 6 heteroatoms. The minimum atomic E-state index is 0.238. The molecule has 0 radical (unpaired) electrons. The maximum Gasteiger partial charge on any atom is 0.191 e. The van der Waals surface area contributed by atoms with Gasteiger partial charge in [-0.05, 0) is 25.5 Å². The first-order valence-electron chi connectivity index (χ1n) is 8.73. The summed E-state index contributed by atoms with van der Waals surface area (Å²) < 4.78 is 5.52. The summed E-state index contributed by atoms with van der Waals surface area (Å²) in [6.45, 7) is 11.0. The normalized spacial score (nSPS) is 27.1. The molecule has 128 valence electrons. The molecule has 0 amide bonds. The lowest BCUT2D eigenvalue weighted by molar-refractivity contribution is -0.0104. The molecular weight excluding hydrogens is 296 g/mol. The quantitative estimate of drug-likeness (QED) is 0.422. The van der Waals surface area contributed by atoms with Gasteiger partial charge in [-0.25, -0.2) is 0 Å². The minimum Gasteiger partial charge on any atom is -0.379 e. The number of hydrogen-bond donors (Lipinski definition) is 2. The van der Waals surface area contributed by atoms with Gasteiger partial charge in [0.2, 0.25) is 0 Å². The van der Waals surface area contributed by atoms with Gasteiger partial charge in [-0.2, -0.15) is 11.8 Å². The lowest BCUT2D eigenvalue weighted by atomic mass is 9.96. The zero-order valence-electron chi connectivity index (χ0n) is 14.2. The van der Waals surface area contributed by atoms with E-state index in [-0.39, 0.29) is 5.54 Å². The average Bonchev–Trinajstić information content (AvgIpc) is 3.04. The zero-order valence-corrected chi connectivity index (χ0v) is 15.0. The molecular formula is C16H32N4OS. The van der Waals surface area contributed by atoms with Crippen molar-refractivity contribution in [1.82, 2.24) is 15.5 Å². The summed E-state index contributed by atoms with van der Waals surface area (Å²) in [6, 6.07) is 0. The highest BCUT2D eigenvalue weighted by atomic mass is 32.2. The van der Waals surface area contributed by atoms with Crippen molar-refractivity contribution < 1.29 is 4.74 Å². The van der Waals surface area contributed by atoms with Gasteiger partial charge in [0.05, 0.1) is 25.3 Å². The molecule has 0 aromatic heterocycles. The molecule has 2 rings (SSSR count). The summed E-state index contributed by atoms with van der Waals surface area (Å²) in [4.78, 5) is 7.53. The highest BCUT2D eigenvalue weighted by Crippen LogP contribution is 2.34. The molecule has 0 spiro atoms. The van der Waals surface area contributed by atoms with Gasteiger partial charge in [0, 0.05) is 31.9 Å². The van der Waals surface area contributed by atoms with E-state index in [9.17, 15) is 0 Å². The first kappa shape index (κ1) is 17.9. The first-order chi connectivity index (χ1) is 10.8. The monoisotopic (exact) mass is 328 g/mol. The third-order valence-electron chi connectivity index (χ3n) is 4.46. The lowest BCUT2D eigenvalue weighted by Gasteiger charge is -2.42. The van der Waals surface area contributed by atoms with Crippen LogP contribution in [0.2, 0.25) is 0 Å². The number of unbranched alkanes of at least 4 members (excludes halogenated alkanes) is 1. The second kappa shape index (κ2) is 9.63. The molecule has 0 aliphatic carbocycles. The number of morpholine rings is 1. The van der Waals surface area contributed by atoms with Crippen LogP contribution in [-0.2, 0) is 4.74 Å². The summed E-state index contributed by atoms with van der Waals surface area (Å²) in [5, 5.41) is 6.83. The number of nitrogens with one attached hydrogen (secondary N) is 2. The molecule has 2 N–H and O–H groups in total. The van der Waals surface area contributed by atoms with E-state index < -0.39 is 0 Å². The van der Waals surface area contributed by atoms with Crippen molar-refractivity contribution in [3.63, 3.8) is 0 Å². The molecule has 0 saturated carbocycles. The molecule has 5 nitrogen and oxygen atoms in total. The van der Waals surface area contributed by atoms with Crippen LogP contribution in [-0.4, -0.2) is 73.8 Å². The van der Waals surface area contributed by atoms with Gasteiger partial charge in [0.25, 0.3) is 0 Å². The Morgan fingerprint density at radius 3 is 2.73 bits per heavy atom. The highest BCUT2D eigenvalue weighted by molar-refractivity contribution is 7.99. The summed E-state index contributed by atoms with van der Waals surface area (Å²) in [5.41, 5.74) is 0.238. The lowest BCUT2D eigenvalue weighted by Crippen LogP contribution is -2.56. The molecule has 2 fully saturated rings. The van der Waals surface area contributed by atoms with E-state index in [1.165, 1.54) is 30.8 Å². The van der Waals surface area contributed by atoms with Crippen molar-refractivity contribution in [2.24, 2.45) is 4.99 Å². The van der Waals surface area contributed by atoms with Crippen molar-refractivity contribution in [3.8, 4) is 0 Å². The van der Waals surface area contributed by atoms with Crippen molar-refractivity contribution in [3.05, 3.63) is 0 Å². The predicted octanol–water partition coefficient (Wildman–Crippen LogP) is 1.55. The fourth-order valence-corrected chi connectivity index (χ4v) is 4.53. The number of thioether (sulfide) groups is 1. The minimum absolute atomic E-state index is 0.238. The van der Waals surface area contributed by atoms with Gasteiger partial charge >= 0.3 is 0 Å². The average molecular weight is 329 g/mol. The van der Waals surface area contributed by atoms with Gasteiger partial charge < -0.3 is 15.4 Å². The number of rotatable bonds is 7. The Morgan fingerprint density at radius 1 is 1.27 bits per heavy atom. The fourth-order valence-electron chi connectivity index (χ4n) is 3.06. The second-order valence-corrected chi connectivity index (χ2v) is 7.21. The molecule has 2 aliphatic rings. The van der Waals surface area contributed by atoms with E-state index in [1.54, 1.807) is 0 Å². The Labute approximate surface area is 139 Å². The Kier molecular flexibility index (Phi) is 7.83. The summed E-state index contributed by atoms with van der Waals surface area (Å²) >= 11 is 2.07. The standard InChI is InChI=1S/C16H32N4OS/c1-3-5-7-18-15(17-4-2)19-13-16(6-12-22-14-16)20-8-10-21-11-9-20/h3-14H2,1-2H3,(H2,17,18,19).